The van der Waals surface area contributed by atoms with Crippen LogP contribution in [0.3, 0.4) is 0 Å². The molecule has 0 aromatic heterocycles. The first kappa shape index (κ1) is 9.66. The zero-order valence-corrected chi connectivity index (χ0v) is 8.77. The fourth-order valence-corrected chi connectivity index (χ4v) is 2.50. The lowest BCUT2D eigenvalue weighted by molar-refractivity contribution is -0.174. The topological polar surface area (TPSA) is 58.6 Å². The smallest absolute Gasteiger partial charge is 0.295 e. The number of hydrogen-bond acceptors (Lipinski definition) is 3. The van der Waals surface area contributed by atoms with Crippen molar-refractivity contribution in [2.75, 3.05) is 6.54 Å². The summed E-state index contributed by atoms with van der Waals surface area (Å²) < 4.78 is 5.43. The van der Waals surface area contributed by atoms with Crippen molar-refractivity contribution < 1.29 is 14.6 Å². The summed E-state index contributed by atoms with van der Waals surface area (Å²) >= 11 is 0. The Morgan fingerprint density at radius 3 is 3.12 bits per heavy atom. The van der Waals surface area contributed by atoms with Gasteiger partial charge in [-0.25, -0.2) is 0 Å². The Kier molecular flexibility index (Phi) is 1.94. The van der Waals surface area contributed by atoms with Gasteiger partial charge < -0.3 is 15.2 Å². The van der Waals surface area contributed by atoms with Gasteiger partial charge in [-0.15, -0.1) is 0 Å². The van der Waals surface area contributed by atoms with Crippen LogP contribution in [0.2, 0.25) is 0 Å². The van der Waals surface area contributed by atoms with E-state index in [1.54, 1.807) is 6.07 Å². The second kappa shape index (κ2) is 3.22. The minimum Gasteiger partial charge on any atom is -0.452 e. The second-order valence-corrected chi connectivity index (χ2v) is 4.29. The second-order valence-electron chi connectivity index (χ2n) is 4.29. The molecule has 84 valence electrons. The summed E-state index contributed by atoms with van der Waals surface area (Å²) in [5.74, 6) is -1.76. The number of rotatable bonds is 0. The van der Waals surface area contributed by atoms with Gasteiger partial charge in [-0.2, -0.15) is 0 Å². The Morgan fingerprint density at radius 1 is 1.44 bits per heavy atom. The summed E-state index contributed by atoms with van der Waals surface area (Å²) in [6.07, 6.45) is 1.61. The predicted octanol–water partition coefficient (Wildman–Crippen LogP) is 0.761. The predicted molar refractivity (Wildman–Crippen MR) is 57.0 cm³/mol. The van der Waals surface area contributed by atoms with Gasteiger partial charge in [0.2, 0.25) is 0 Å². The summed E-state index contributed by atoms with van der Waals surface area (Å²) in [7, 11) is 0. The van der Waals surface area contributed by atoms with Crippen LogP contribution >= 0.6 is 0 Å². The quantitative estimate of drug-likeness (QED) is 0.677. The maximum atomic E-state index is 11.8. The lowest BCUT2D eigenvalue weighted by Crippen LogP contribution is -2.51. The molecule has 1 aromatic rings. The highest BCUT2D eigenvalue weighted by Gasteiger charge is 2.53. The van der Waals surface area contributed by atoms with Crippen molar-refractivity contribution in [1.29, 1.82) is 0 Å². The number of para-hydroxylation sites is 1. The van der Waals surface area contributed by atoms with E-state index >= 15 is 0 Å². The Hall–Kier alpha value is -1.55. The van der Waals surface area contributed by atoms with E-state index in [4.69, 9.17) is 4.74 Å². The molecule has 2 N–H and O–H groups in total. The van der Waals surface area contributed by atoms with Crippen molar-refractivity contribution >= 4 is 5.91 Å². The van der Waals surface area contributed by atoms with E-state index in [0.29, 0.717) is 12.3 Å². The van der Waals surface area contributed by atoms with Crippen LogP contribution in [0.4, 0.5) is 0 Å². The van der Waals surface area contributed by atoms with Crippen molar-refractivity contribution in [2.45, 2.75) is 24.5 Å². The number of fused-ring (bicyclic) bond motifs is 3. The molecule has 0 saturated carbocycles. The summed E-state index contributed by atoms with van der Waals surface area (Å²) in [6.45, 7) is 0.600. The highest BCUT2D eigenvalue weighted by atomic mass is 16.6. The number of aliphatic hydroxyl groups is 1. The number of hydrogen-bond donors (Lipinski definition) is 2. The molecule has 2 unspecified atom stereocenters. The Balaban J connectivity index is 2.10. The molecule has 0 spiro atoms. The molecule has 1 fully saturated rings. The van der Waals surface area contributed by atoms with Crippen molar-refractivity contribution in [3.05, 3.63) is 29.8 Å². The first-order chi connectivity index (χ1) is 7.72. The maximum absolute atomic E-state index is 11.8. The van der Waals surface area contributed by atoms with Crippen LogP contribution in [0.25, 0.3) is 0 Å². The number of carbonyl (C=O) groups is 1. The minimum absolute atomic E-state index is 0.244. The van der Waals surface area contributed by atoms with Crippen molar-refractivity contribution in [3.8, 4) is 5.75 Å². The van der Waals surface area contributed by atoms with Crippen LogP contribution in [0.1, 0.15) is 24.3 Å². The zero-order chi connectivity index (χ0) is 11.2. The maximum Gasteiger partial charge on any atom is 0.295 e. The fourth-order valence-electron chi connectivity index (χ4n) is 2.50. The Morgan fingerprint density at radius 2 is 2.25 bits per heavy atom. The number of amides is 1. The average Bonchev–Trinajstić information content (AvgIpc) is 2.50. The summed E-state index contributed by atoms with van der Waals surface area (Å²) in [5, 5.41) is 13.0. The van der Waals surface area contributed by atoms with Gasteiger partial charge >= 0.3 is 0 Å². The van der Waals surface area contributed by atoms with Crippen LogP contribution in [-0.4, -0.2) is 23.3 Å². The zero-order valence-electron chi connectivity index (χ0n) is 8.77. The van der Waals surface area contributed by atoms with Gasteiger partial charge in [-0.3, -0.25) is 4.79 Å². The molecule has 16 heavy (non-hydrogen) atoms. The highest BCUT2D eigenvalue weighted by molar-refractivity contribution is 5.86. The molecule has 0 radical (unpaired) electrons. The van der Waals surface area contributed by atoms with Gasteiger partial charge in [0.25, 0.3) is 11.7 Å². The van der Waals surface area contributed by atoms with E-state index in [2.05, 4.69) is 5.32 Å². The van der Waals surface area contributed by atoms with Gasteiger partial charge in [-0.1, -0.05) is 18.2 Å². The first-order valence-electron chi connectivity index (χ1n) is 5.50. The third-order valence-corrected chi connectivity index (χ3v) is 3.31. The van der Waals surface area contributed by atoms with Crippen molar-refractivity contribution in [2.24, 2.45) is 0 Å². The van der Waals surface area contributed by atoms with Crippen LogP contribution < -0.4 is 10.1 Å². The molecule has 4 nitrogen and oxygen atoms in total. The van der Waals surface area contributed by atoms with Gasteiger partial charge in [-0.05, 0) is 18.9 Å². The molecule has 2 aliphatic rings. The van der Waals surface area contributed by atoms with Crippen LogP contribution in [0, 0.1) is 0 Å². The standard InChI is InChI=1S/C12H13NO3/c14-11-12(15)9(5-3-7-13-11)8-4-1-2-6-10(8)16-12/h1-2,4,6,9,15H,3,5,7H2,(H,13,14). The van der Waals surface area contributed by atoms with E-state index in [-0.39, 0.29) is 5.92 Å². The number of benzene rings is 1. The van der Waals surface area contributed by atoms with Crippen molar-refractivity contribution in [3.63, 3.8) is 0 Å². The highest BCUT2D eigenvalue weighted by Crippen LogP contribution is 2.46. The Bertz CT molecular complexity index is 446. The van der Waals surface area contributed by atoms with Gasteiger partial charge in [0.05, 0.1) is 5.92 Å². The summed E-state index contributed by atoms with van der Waals surface area (Å²) in [6, 6.07) is 7.44. The molecule has 1 aromatic carbocycles. The minimum atomic E-state index is -1.71. The number of nitrogens with one attached hydrogen (secondary N) is 1. The number of ether oxygens (including phenoxy) is 1. The van der Waals surface area contributed by atoms with E-state index < -0.39 is 11.7 Å². The van der Waals surface area contributed by atoms with Crippen LogP contribution in [0.5, 0.6) is 5.75 Å². The number of carbonyl (C=O) groups excluding carboxylic acids is 1. The lowest BCUT2D eigenvalue weighted by Gasteiger charge is -2.24. The molecule has 3 rings (SSSR count). The van der Waals surface area contributed by atoms with Gasteiger partial charge in [0, 0.05) is 12.1 Å². The molecule has 2 atom stereocenters. The van der Waals surface area contributed by atoms with Crippen LogP contribution in [0.15, 0.2) is 24.3 Å². The van der Waals surface area contributed by atoms with E-state index in [1.165, 1.54) is 0 Å². The molecular formula is C12H13NO3. The monoisotopic (exact) mass is 219 g/mol. The summed E-state index contributed by atoms with van der Waals surface area (Å²) in [4.78, 5) is 11.8. The normalized spacial score (nSPS) is 32.1. The third-order valence-electron chi connectivity index (χ3n) is 3.31. The largest absolute Gasteiger partial charge is 0.452 e. The molecule has 1 saturated heterocycles. The SMILES string of the molecule is O=C1NCCCC2c3ccccc3OC12O. The molecule has 2 aliphatic heterocycles. The van der Waals surface area contributed by atoms with Gasteiger partial charge in [0.15, 0.2) is 0 Å². The molecular weight excluding hydrogens is 206 g/mol. The van der Waals surface area contributed by atoms with E-state index in [9.17, 15) is 9.90 Å². The fraction of sp³-hybridized carbons (Fsp3) is 0.417. The molecule has 1 amide bonds. The van der Waals surface area contributed by atoms with Crippen LogP contribution in [-0.2, 0) is 4.79 Å². The van der Waals surface area contributed by atoms with E-state index in [1.807, 2.05) is 18.2 Å². The Labute approximate surface area is 93.2 Å². The first-order valence-corrected chi connectivity index (χ1v) is 5.50. The van der Waals surface area contributed by atoms with Gasteiger partial charge in [0.1, 0.15) is 5.75 Å². The summed E-state index contributed by atoms with van der Waals surface area (Å²) in [5.41, 5.74) is 0.932. The van der Waals surface area contributed by atoms with E-state index in [0.717, 1.165) is 18.4 Å². The average molecular weight is 219 g/mol. The lowest BCUT2D eigenvalue weighted by atomic mass is 9.89. The molecule has 4 heteroatoms. The molecule has 0 bridgehead atoms. The van der Waals surface area contributed by atoms with Crippen molar-refractivity contribution in [1.82, 2.24) is 5.32 Å². The molecule has 2 heterocycles. The third kappa shape index (κ3) is 1.16. The molecule has 0 aliphatic carbocycles.